The van der Waals surface area contributed by atoms with Crippen molar-refractivity contribution in [2.45, 2.75) is 24.9 Å². The number of aromatic nitrogens is 3. The van der Waals surface area contributed by atoms with Crippen molar-refractivity contribution in [3.63, 3.8) is 0 Å². The molecule has 3 heterocycles. The molecule has 28 heavy (non-hydrogen) atoms. The molecule has 4 nitrogen and oxygen atoms in total. The molecule has 4 rings (SSSR count). The predicted molar refractivity (Wildman–Crippen MR) is 102 cm³/mol. The molecule has 7 heteroatoms. The summed E-state index contributed by atoms with van der Waals surface area (Å²) >= 11 is 0. The van der Waals surface area contributed by atoms with Crippen LogP contribution in [-0.4, -0.2) is 40.2 Å². The molecule has 1 saturated heterocycles. The fraction of sp³-hybridized carbons (Fsp3) is 0.333. The Balaban J connectivity index is 1.82. The lowest BCUT2D eigenvalue weighted by Gasteiger charge is -2.29. The average molecular weight is 386 g/mol. The first-order valence-electron chi connectivity index (χ1n) is 9.28. The van der Waals surface area contributed by atoms with Crippen molar-refractivity contribution in [3.8, 4) is 22.4 Å². The Bertz CT molecular complexity index is 942. The minimum atomic E-state index is -4.39. The van der Waals surface area contributed by atoms with Gasteiger partial charge in [0.2, 0.25) is 0 Å². The number of nitrogens with zero attached hydrogens (tertiary/aromatic N) is 3. The number of benzene rings is 1. The summed E-state index contributed by atoms with van der Waals surface area (Å²) in [7, 11) is 2.10. The van der Waals surface area contributed by atoms with Crippen LogP contribution in [0.4, 0.5) is 13.2 Å². The summed E-state index contributed by atoms with van der Waals surface area (Å²) in [6.45, 7) is 1.97. The van der Waals surface area contributed by atoms with E-state index in [9.17, 15) is 13.2 Å². The van der Waals surface area contributed by atoms with Crippen molar-refractivity contribution in [2.75, 3.05) is 20.1 Å². The number of hydrogen-bond acceptors (Lipinski definition) is 3. The third-order valence-electron chi connectivity index (χ3n) is 5.35. The normalized spacial score (nSPS) is 16.4. The Morgan fingerprint density at radius 3 is 2.43 bits per heavy atom. The van der Waals surface area contributed by atoms with Crippen LogP contribution in [0.15, 0.2) is 48.8 Å². The molecule has 3 aromatic rings. The molecule has 1 N–H and O–H groups in total. The lowest BCUT2D eigenvalue weighted by atomic mass is 9.88. The highest BCUT2D eigenvalue weighted by molar-refractivity contribution is 5.83. The Kier molecular flexibility index (Phi) is 4.93. The monoisotopic (exact) mass is 386 g/mol. The van der Waals surface area contributed by atoms with Crippen molar-refractivity contribution in [1.29, 1.82) is 0 Å². The van der Waals surface area contributed by atoms with E-state index >= 15 is 0 Å². The van der Waals surface area contributed by atoms with Crippen molar-refractivity contribution in [1.82, 2.24) is 20.1 Å². The molecule has 0 bridgehead atoms. The zero-order valence-electron chi connectivity index (χ0n) is 15.5. The summed E-state index contributed by atoms with van der Waals surface area (Å²) in [5.41, 5.74) is 3.10. The highest BCUT2D eigenvalue weighted by Crippen LogP contribution is 2.40. The number of likely N-dealkylation sites (tertiary alicyclic amines) is 1. The van der Waals surface area contributed by atoms with Gasteiger partial charge in [-0.1, -0.05) is 12.1 Å². The molecule has 0 unspecified atom stereocenters. The van der Waals surface area contributed by atoms with E-state index in [1.807, 2.05) is 12.1 Å². The Labute approximate surface area is 161 Å². The number of aromatic amines is 1. The number of hydrogen-bond donors (Lipinski definition) is 1. The van der Waals surface area contributed by atoms with Gasteiger partial charge in [0.15, 0.2) is 0 Å². The summed E-state index contributed by atoms with van der Waals surface area (Å²) in [6, 6.07) is 9.10. The third kappa shape index (κ3) is 3.67. The van der Waals surface area contributed by atoms with Crippen molar-refractivity contribution < 1.29 is 13.2 Å². The van der Waals surface area contributed by atoms with E-state index in [4.69, 9.17) is 0 Å². The zero-order valence-corrected chi connectivity index (χ0v) is 15.5. The van der Waals surface area contributed by atoms with Gasteiger partial charge < -0.3 is 4.90 Å². The highest BCUT2D eigenvalue weighted by Gasteiger charge is 2.31. The van der Waals surface area contributed by atoms with Crippen molar-refractivity contribution in [2.24, 2.45) is 0 Å². The van der Waals surface area contributed by atoms with Crippen LogP contribution in [0.2, 0.25) is 0 Å². The average Bonchev–Trinajstić information content (AvgIpc) is 3.14. The molecule has 1 aliphatic heterocycles. The van der Waals surface area contributed by atoms with Gasteiger partial charge in [-0.05, 0) is 62.8 Å². The quantitative estimate of drug-likeness (QED) is 0.691. The molecule has 0 amide bonds. The second kappa shape index (κ2) is 7.39. The Morgan fingerprint density at radius 1 is 1.04 bits per heavy atom. The van der Waals surface area contributed by atoms with E-state index in [1.54, 1.807) is 18.5 Å². The van der Waals surface area contributed by atoms with Crippen LogP contribution in [-0.2, 0) is 6.18 Å². The molecular formula is C21H21F3N4. The number of rotatable bonds is 3. The number of nitrogens with one attached hydrogen (secondary N) is 1. The third-order valence-corrected chi connectivity index (χ3v) is 5.35. The molecule has 2 aromatic heterocycles. The molecule has 1 aromatic carbocycles. The van der Waals surface area contributed by atoms with Crippen LogP contribution in [0.25, 0.3) is 22.4 Å². The second-order valence-corrected chi connectivity index (χ2v) is 7.25. The predicted octanol–water partition coefficient (Wildman–Crippen LogP) is 4.97. The van der Waals surface area contributed by atoms with Gasteiger partial charge in [0, 0.05) is 35.1 Å². The van der Waals surface area contributed by atoms with Crippen LogP contribution in [0.5, 0.6) is 0 Å². The van der Waals surface area contributed by atoms with Crippen LogP contribution < -0.4 is 0 Å². The maximum Gasteiger partial charge on any atom is 0.416 e. The fourth-order valence-corrected chi connectivity index (χ4v) is 3.81. The van der Waals surface area contributed by atoms with Crippen LogP contribution in [0.3, 0.4) is 0 Å². The number of halogens is 3. The lowest BCUT2D eigenvalue weighted by Crippen LogP contribution is -2.29. The minimum absolute atomic E-state index is 0.298. The van der Waals surface area contributed by atoms with Gasteiger partial charge in [-0.15, -0.1) is 0 Å². The van der Waals surface area contributed by atoms with Crippen LogP contribution in [0, 0.1) is 0 Å². The van der Waals surface area contributed by atoms with Crippen LogP contribution in [0.1, 0.15) is 30.0 Å². The summed E-state index contributed by atoms with van der Waals surface area (Å²) in [4.78, 5) is 6.35. The number of pyridine rings is 1. The molecule has 0 spiro atoms. The fourth-order valence-electron chi connectivity index (χ4n) is 3.81. The van der Waals surface area contributed by atoms with E-state index in [0.717, 1.165) is 48.8 Å². The van der Waals surface area contributed by atoms with Gasteiger partial charge in [-0.3, -0.25) is 10.1 Å². The molecular weight excluding hydrogens is 365 g/mol. The first-order chi connectivity index (χ1) is 13.4. The summed E-state index contributed by atoms with van der Waals surface area (Å²) in [6.07, 6.45) is 0.963. The van der Waals surface area contributed by atoms with Crippen molar-refractivity contribution in [3.05, 3.63) is 60.0 Å². The van der Waals surface area contributed by atoms with Crippen LogP contribution >= 0.6 is 0 Å². The van der Waals surface area contributed by atoms with E-state index in [0.29, 0.717) is 17.2 Å². The Morgan fingerprint density at radius 2 is 1.75 bits per heavy atom. The topological polar surface area (TPSA) is 44.8 Å². The first-order valence-corrected chi connectivity index (χ1v) is 9.28. The SMILES string of the molecule is CN1CCC(c2[nH]nc(-c3cccc(C(F)(F)F)c3)c2-c2ccncc2)CC1. The van der Waals surface area contributed by atoms with E-state index in [1.165, 1.54) is 12.1 Å². The molecule has 0 radical (unpaired) electrons. The number of alkyl halides is 3. The summed E-state index contributed by atoms with van der Waals surface area (Å²) in [5, 5.41) is 7.60. The molecule has 1 fully saturated rings. The second-order valence-electron chi connectivity index (χ2n) is 7.25. The molecule has 146 valence electrons. The molecule has 0 aliphatic carbocycles. The minimum Gasteiger partial charge on any atom is -0.306 e. The summed E-state index contributed by atoms with van der Waals surface area (Å²) in [5.74, 6) is 0.298. The van der Waals surface area contributed by atoms with E-state index in [-0.39, 0.29) is 0 Å². The zero-order chi connectivity index (χ0) is 19.7. The van der Waals surface area contributed by atoms with Gasteiger partial charge in [0.05, 0.1) is 5.56 Å². The Hall–Kier alpha value is -2.67. The van der Waals surface area contributed by atoms with Gasteiger partial charge >= 0.3 is 6.18 Å². The first kappa shape index (κ1) is 18.7. The smallest absolute Gasteiger partial charge is 0.306 e. The largest absolute Gasteiger partial charge is 0.416 e. The van der Waals surface area contributed by atoms with Gasteiger partial charge in [-0.25, -0.2) is 0 Å². The van der Waals surface area contributed by atoms with E-state index in [2.05, 4.69) is 27.1 Å². The number of piperidine rings is 1. The molecule has 0 saturated carbocycles. The van der Waals surface area contributed by atoms with Gasteiger partial charge in [0.1, 0.15) is 5.69 Å². The van der Waals surface area contributed by atoms with E-state index < -0.39 is 11.7 Å². The number of H-pyrrole nitrogens is 1. The summed E-state index contributed by atoms with van der Waals surface area (Å²) < 4.78 is 39.6. The molecule has 0 atom stereocenters. The van der Waals surface area contributed by atoms with Gasteiger partial charge in [-0.2, -0.15) is 18.3 Å². The molecule has 1 aliphatic rings. The van der Waals surface area contributed by atoms with Gasteiger partial charge in [0.25, 0.3) is 0 Å². The maximum absolute atomic E-state index is 13.2. The lowest BCUT2D eigenvalue weighted by molar-refractivity contribution is -0.137. The maximum atomic E-state index is 13.2. The van der Waals surface area contributed by atoms with Crippen molar-refractivity contribution >= 4 is 0 Å². The highest BCUT2D eigenvalue weighted by atomic mass is 19.4. The standard InChI is InChI=1S/C21H21F3N4/c1-28-11-7-15(8-12-28)19-18(14-5-9-25-10-6-14)20(27-26-19)16-3-2-4-17(13-16)21(22,23)24/h2-6,9-10,13,15H,7-8,11-12H2,1H3,(H,26,27).